The fourth-order valence-electron chi connectivity index (χ4n) is 1.77. The smallest absolute Gasteiger partial charge is 0.137 e. The van der Waals surface area contributed by atoms with Crippen molar-refractivity contribution in [2.45, 2.75) is 6.04 Å². The first-order valence-corrected chi connectivity index (χ1v) is 6.08. The van der Waals surface area contributed by atoms with Crippen LogP contribution in [0.1, 0.15) is 17.2 Å². The molecule has 94 valence electrons. The Morgan fingerprint density at radius 3 is 2.39 bits per heavy atom. The molecular weight excluding hydrogens is 302 g/mol. The summed E-state index contributed by atoms with van der Waals surface area (Å²) >= 11 is 3.10. The van der Waals surface area contributed by atoms with E-state index in [1.54, 1.807) is 30.3 Å². The lowest BCUT2D eigenvalue weighted by Crippen LogP contribution is -2.29. The Bertz CT molecular complexity index is 560. The van der Waals surface area contributed by atoms with Gasteiger partial charge in [0.15, 0.2) is 0 Å². The van der Waals surface area contributed by atoms with Crippen LogP contribution in [-0.2, 0) is 0 Å². The number of benzene rings is 2. The molecule has 0 amide bonds. The average Bonchev–Trinajstić information content (AvgIpc) is 2.37. The first kappa shape index (κ1) is 13.1. The number of nitrogens with two attached hydrogens (primary N) is 1. The molecule has 0 saturated carbocycles. The molecule has 0 aliphatic rings. The van der Waals surface area contributed by atoms with Gasteiger partial charge in [0.1, 0.15) is 11.6 Å². The molecule has 0 aliphatic heterocycles. The largest absolute Gasteiger partial charge is 0.271 e. The van der Waals surface area contributed by atoms with E-state index in [1.807, 2.05) is 0 Å². The molecule has 2 aromatic rings. The van der Waals surface area contributed by atoms with Crippen molar-refractivity contribution in [3.63, 3.8) is 0 Å². The van der Waals surface area contributed by atoms with Crippen LogP contribution in [-0.4, -0.2) is 0 Å². The van der Waals surface area contributed by atoms with Crippen molar-refractivity contribution in [1.29, 1.82) is 0 Å². The summed E-state index contributed by atoms with van der Waals surface area (Å²) in [4.78, 5) is 0. The predicted molar refractivity (Wildman–Crippen MR) is 69.7 cm³/mol. The first-order chi connectivity index (χ1) is 8.63. The topological polar surface area (TPSA) is 38.0 Å². The van der Waals surface area contributed by atoms with Crippen LogP contribution in [0.5, 0.6) is 0 Å². The van der Waals surface area contributed by atoms with Crippen LogP contribution in [0.4, 0.5) is 8.78 Å². The molecule has 0 radical (unpaired) electrons. The van der Waals surface area contributed by atoms with Crippen molar-refractivity contribution in [1.82, 2.24) is 5.43 Å². The minimum atomic E-state index is -0.525. The average molecular weight is 313 g/mol. The lowest BCUT2D eigenvalue weighted by atomic mass is 9.99. The van der Waals surface area contributed by atoms with Gasteiger partial charge in [0.05, 0.1) is 10.5 Å². The molecule has 5 heteroatoms. The molecule has 2 nitrogen and oxygen atoms in total. The number of hydrazine groups is 1. The van der Waals surface area contributed by atoms with Crippen LogP contribution in [0.3, 0.4) is 0 Å². The second kappa shape index (κ2) is 5.56. The van der Waals surface area contributed by atoms with Gasteiger partial charge in [-0.25, -0.2) is 14.2 Å². The van der Waals surface area contributed by atoms with Crippen LogP contribution in [0.25, 0.3) is 0 Å². The molecule has 3 N–H and O–H groups in total. The Kier molecular flexibility index (Phi) is 4.06. The van der Waals surface area contributed by atoms with Crippen molar-refractivity contribution in [2.24, 2.45) is 5.84 Å². The molecule has 2 rings (SSSR count). The summed E-state index contributed by atoms with van der Waals surface area (Å²) in [5.74, 6) is 4.74. The number of nitrogens with one attached hydrogen (secondary N) is 1. The van der Waals surface area contributed by atoms with Crippen molar-refractivity contribution in [3.05, 3.63) is 69.7 Å². The van der Waals surface area contributed by atoms with Crippen LogP contribution < -0.4 is 11.3 Å². The van der Waals surface area contributed by atoms with Gasteiger partial charge in [0.2, 0.25) is 0 Å². The van der Waals surface area contributed by atoms with E-state index in [0.29, 0.717) is 15.6 Å². The van der Waals surface area contributed by atoms with E-state index in [4.69, 9.17) is 5.84 Å². The quantitative estimate of drug-likeness (QED) is 0.674. The summed E-state index contributed by atoms with van der Waals surface area (Å²) in [7, 11) is 0. The minimum Gasteiger partial charge on any atom is -0.271 e. The minimum absolute atomic E-state index is 0.316. The molecule has 1 unspecified atom stereocenters. The van der Waals surface area contributed by atoms with Gasteiger partial charge in [0.25, 0.3) is 0 Å². The molecular formula is C13H11BrF2N2. The fourth-order valence-corrected chi connectivity index (χ4v) is 2.16. The molecule has 0 saturated heterocycles. The zero-order valence-corrected chi connectivity index (χ0v) is 10.9. The molecule has 0 spiro atoms. The summed E-state index contributed by atoms with van der Waals surface area (Å²) in [6.45, 7) is 0. The van der Waals surface area contributed by atoms with E-state index in [2.05, 4.69) is 21.4 Å². The van der Waals surface area contributed by atoms with Gasteiger partial charge in [-0.1, -0.05) is 24.3 Å². The van der Waals surface area contributed by atoms with Gasteiger partial charge in [-0.3, -0.25) is 5.84 Å². The van der Waals surface area contributed by atoms with Crippen LogP contribution >= 0.6 is 15.9 Å². The van der Waals surface area contributed by atoms with E-state index < -0.39 is 6.04 Å². The van der Waals surface area contributed by atoms with E-state index >= 15 is 0 Å². The number of hydrogen-bond acceptors (Lipinski definition) is 2. The summed E-state index contributed by atoms with van der Waals surface area (Å²) in [5.41, 5.74) is 3.63. The number of halogens is 3. The second-order valence-corrected chi connectivity index (χ2v) is 4.65. The van der Waals surface area contributed by atoms with Crippen LogP contribution in [0, 0.1) is 11.6 Å². The lowest BCUT2D eigenvalue weighted by Gasteiger charge is -2.17. The van der Waals surface area contributed by atoms with Gasteiger partial charge in [-0.2, -0.15) is 0 Å². The maximum absolute atomic E-state index is 13.7. The third-order valence-corrected chi connectivity index (χ3v) is 3.27. The third-order valence-electron chi connectivity index (χ3n) is 2.66. The van der Waals surface area contributed by atoms with Crippen molar-refractivity contribution in [3.8, 4) is 0 Å². The summed E-state index contributed by atoms with van der Waals surface area (Å²) < 4.78 is 27.2. The van der Waals surface area contributed by atoms with Gasteiger partial charge >= 0.3 is 0 Å². The molecule has 0 aliphatic carbocycles. The van der Waals surface area contributed by atoms with Crippen molar-refractivity contribution < 1.29 is 8.78 Å². The fraction of sp³-hybridized carbons (Fsp3) is 0.0769. The monoisotopic (exact) mass is 312 g/mol. The zero-order chi connectivity index (χ0) is 13.1. The molecule has 2 aromatic carbocycles. The SMILES string of the molecule is NNC(c1ccc(F)c(Br)c1)c1ccccc1F. The summed E-state index contributed by atoms with van der Waals surface area (Å²) in [6.07, 6.45) is 0. The number of hydrogen-bond donors (Lipinski definition) is 2. The van der Waals surface area contributed by atoms with Gasteiger partial charge in [-0.15, -0.1) is 0 Å². The Morgan fingerprint density at radius 2 is 1.78 bits per heavy atom. The van der Waals surface area contributed by atoms with Gasteiger partial charge < -0.3 is 0 Å². The van der Waals surface area contributed by atoms with E-state index in [1.165, 1.54) is 12.1 Å². The standard InChI is InChI=1S/C13H11BrF2N2/c14-10-7-8(5-6-12(10)16)13(18-17)9-3-1-2-4-11(9)15/h1-7,13,18H,17H2. The molecule has 0 fully saturated rings. The molecule has 0 heterocycles. The highest BCUT2D eigenvalue weighted by molar-refractivity contribution is 9.10. The Labute approximate surface area is 112 Å². The Hall–Kier alpha value is -1.30. The number of rotatable bonds is 3. The van der Waals surface area contributed by atoms with Gasteiger partial charge in [-0.05, 0) is 39.7 Å². The second-order valence-electron chi connectivity index (χ2n) is 3.79. The summed E-state index contributed by atoms with van der Waals surface area (Å²) in [5, 5.41) is 0. The highest BCUT2D eigenvalue weighted by Gasteiger charge is 2.17. The lowest BCUT2D eigenvalue weighted by molar-refractivity contribution is 0.558. The molecule has 18 heavy (non-hydrogen) atoms. The van der Waals surface area contributed by atoms with Crippen LogP contribution in [0.2, 0.25) is 0 Å². The highest BCUT2D eigenvalue weighted by atomic mass is 79.9. The Morgan fingerprint density at radius 1 is 1.06 bits per heavy atom. The van der Waals surface area contributed by atoms with E-state index in [-0.39, 0.29) is 11.6 Å². The summed E-state index contributed by atoms with van der Waals surface area (Å²) in [6, 6.07) is 10.3. The Balaban J connectivity index is 2.45. The van der Waals surface area contributed by atoms with Crippen LogP contribution in [0.15, 0.2) is 46.9 Å². The molecule has 1 atom stereocenters. The van der Waals surface area contributed by atoms with Crippen molar-refractivity contribution in [2.75, 3.05) is 0 Å². The van der Waals surface area contributed by atoms with Crippen molar-refractivity contribution >= 4 is 15.9 Å². The predicted octanol–water partition coefficient (Wildman–Crippen LogP) is 3.28. The third kappa shape index (κ3) is 2.58. The first-order valence-electron chi connectivity index (χ1n) is 5.29. The maximum Gasteiger partial charge on any atom is 0.137 e. The maximum atomic E-state index is 13.7. The van der Waals surface area contributed by atoms with E-state index in [9.17, 15) is 8.78 Å². The zero-order valence-electron chi connectivity index (χ0n) is 9.33. The molecule has 0 bridgehead atoms. The normalized spacial score (nSPS) is 12.4. The van der Waals surface area contributed by atoms with E-state index in [0.717, 1.165) is 0 Å². The van der Waals surface area contributed by atoms with Gasteiger partial charge in [0, 0.05) is 5.56 Å². The highest BCUT2D eigenvalue weighted by Crippen LogP contribution is 2.27. The molecule has 0 aromatic heterocycles.